The fraction of sp³-hybridized carbons (Fsp3) is 0.500. The normalized spacial score (nSPS) is 11.9. The third-order valence-corrected chi connectivity index (χ3v) is 3.06. The summed E-state index contributed by atoms with van der Waals surface area (Å²) in [6.45, 7) is 6.55. The highest BCUT2D eigenvalue weighted by molar-refractivity contribution is 5.94. The molecule has 0 heterocycles. The number of quaternary nitrogens is 1. The molecule has 122 valence electrons. The number of hydrogen-bond donors (Lipinski definition) is 3. The van der Waals surface area contributed by atoms with Gasteiger partial charge in [0, 0.05) is 11.6 Å². The fourth-order valence-electron chi connectivity index (χ4n) is 2.18. The van der Waals surface area contributed by atoms with E-state index in [4.69, 9.17) is 4.74 Å². The lowest BCUT2D eigenvalue weighted by Gasteiger charge is -2.16. The summed E-state index contributed by atoms with van der Waals surface area (Å²) in [5, 5.41) is 4.95. The predicted molar refractivity (Wildman–Crippen MR) is 85.0 cm³/mol. The Hall–Kier alpha value is -2.08. The number of benzene rings is 1. The third-order valence-electron chi connectivity index (χ3n) is 3.06. The van der Waals surface area contributed by atoms with Gasteiger partial charge in [-0.3, -0.25) is 10.1 Å². The molecule has 3 N–H and O–H groups in total. The van der Waals surface area contributed by atoms with Crippen LogP contribution in [0.15, 0.2) is 18.2 Å². The maximum atomic E-state index is 11.8. The maximum absolute atomic E-state index is 11.8. The average molecular weight is 308 g/mol. The van der Waals surface area contributed by atoms with Crippen LogP contribution in [0.1, 0.15) is 25.0 Å². The number of methoxy groups -OCH3 is 1. The number of carbonyl (C=O) groups is 2. The lowest BCUT2D eigenvalue weighted by atomic mass is 10.1. The Labute approximate surface area is 131 Å². The van der Waals surface area contributed by atoms with E-state index in [1.165, 1.54) is 0 Å². The Morgan fingerprint density at radius 3 is 2.59 bits per heavy atom. The first kappa shape index (κ1) is 18.0. The second-order valence-electron chi connectivity index (χ2n) is 5.80. The van der Waals surface area contributed by atoms with Crippen molar-refractivity contribution in [2.24, 2.45) is 0 Å². The topological polar surface area (TPSA) is 71.9 Å². The number of hydrogen-bond acceptors (Lipinski definition) is 3. The van der Waals surface area contributed by atoms with Gasteiger partial charge in [0.1, 0.15) is 12.3 Å². The van der Waals surface area contributed by atoms with E-state index in [-0.39, 0.29) is 18.5 Å². The quantitative estimate of drug-likeness (QED) is 0.705. The van der Waals surface area contributed by atoms with Crippen molar-refractivity contribution < 1.29 is 19.2 Å². The lowest BCUT2D eigenvalue weighted by Crippen LogP contribution is -3.09. The Bertz CT molecular complexity index is 529. The number of likely N-dealkylation sites (N-methyl/N-ethyl adjacent to an activating group) is 1. The van der Waals surface area contributed by atoms with E-state index in [9.17, 15) is 9.59 Å². The van der Waals surface area contributed by atoms with Gasteiger partial charge in [0.25, 0.3) is 5.91 Å². The minimum absolute atomic E-state index is 0.00516. The highest BCUT2D eigenvalue weighted by Gasteiger charge is 2.15. The van der Waals surface area contributed by atoms with Crippen LogP contribution < -0.4 is 20.3 Å². The molecule has 0 saturated heterocycles. The molecule has 0 aliphatic carbocycles. The Balaban J connectivity index is 2.55. The van der Waals surface area contributed by atoms with Crippen molar-refractivity contribution in [3.8, 4) is 5.75 Å². The number of urea groups is 1. The van der Waals surface area contributed by atoms with Gasteiger partial charge in [-0.15, -0.1) is 0 Å². The smallest absolute Gasteiger partial charge is 0.321 e. The zero-order valence-electron chi connectivity index (χ0n) is 13.9. The first-order valence-corrected chi connectivity index (χ1v) is 7.37. The van der Waals surface area contributed by atoms with Crippen molar-refractivity contribution in [3.63, 3.8) is 0 Å². The highest BCUT2D eigenvalue weighted by Crippen LogP contribution is 2.18. The van der Waals surface area contributed by atoms with Crippen LogP contribution in [0.25, 0.3) is 0 Å². The first-order valence-electron chi connectivity index (χ1n) is 7.37. The van der Waals surface area contributed by atoms with Crippen molar-refractivity contribution in [1.29, 1.82) is 0 Å². The van der Waals surface area contributed by atoms with Gasteiger partial charge in [-0.05, 0) is 32.9 Å². The molecule has 1 rings (SSSR count). The van der Waals surface area contributed by atoms with Crippen LogP contribution in [0.3, 0.4) is 0 Å². The number of rotatable bonds is 6. The molecular formula is C16H26N3O3+. The van der Waals surface area contributed by atoms with Gasteiger partial charge in [-0.2, -0.15) is 0 Å². The van der Waals surface area contributed by atoms with Gasteiger partial charge < -0.3 is 15.0 Å². The summed E-state index contributed by atoms with van der Waals surface area (Å²) in [4.78, 5) is 24.3. The van der Waals surface area contributed by atoms with Crippen molar-refractivity contribution in [3.05, 3.63) is 29.3 Å². The van der Waals surface area contributed by atoms with Crippen molar-refractivity contribution in [1.82, 2.24) is 10.6 Å². The summed E-state index contributed by atoms with van der Waals surface area (Å²) in [5.74, 6) is 0.505. The van der Waals surface area contributed by atoms with Gasteiger partial charge in [-0.1, -0.05) is 11.6 Å². The Kier molecular flexibility index (Phi) is 6.85. The number of ether oxygens (including phenoxy) is 1. The molecule has 0 aromatic heterocycles. The Morgan fingerprint density at radius 2 is 2.00 bits per heavy atom. The number of imide groups is 1. The molecule has 6 heteroatoms. The lowest BCUT2D eigenvalue weighted by molar-refractivity contribution is -0.885. The summed E-state index contributed by atoms with van der Waals surface area (Å²) in [7, 11) is 3.54. The zero-order chi connectivity index (χ0) is 16.7. The number of carbonyl (C=O) groups excluding carboxylic acids is 2. The molecule has 3 amide bonds. The van der Waals surface area contributed by atoms with Crippen molar-refractivity contribution in [2.75, 3.05) is 20.7 Å². The van der Waals surface area contributed by atoms with E-state index < -0.39 is 6.03 Å². The van der Waals surface area contributed by atoms with Crippen LogP contribution in [0, 0.1) is 6.92 Å². The summed E-state index contributed by atoms with van der Waals surface area (Å²) >= 11 is 0. The molecule has 1 aromatic carbocycles. The summed E-state index contributed by atoms with van der Waals surface area (Å²) in [6, 6.07) is 5.50. The second kappa shape index (κ2) is 8.38. The maximum Gasteiger partial charge on any atom is 0.321 e. The van der Waals surface area contributed by atoms with Crippen LogP contribution in [-0.4, -0.2) is 38.7 Å². The third kappa shape index (κ3) is 6.13. The molecular weight excluding hydrogens is 282 g/mol. The van der Waals surface area contributed by atoms with Crippen molar-refractivity contribution in [2.45, 2.75) is 33.4 Å². The van der Waals surface area contributed by atoms with E-state index in [0.717, 1.165) is 21.8 Å². The van der Waals surface area contributed by atoms with E-state index in [0.29, 0.717) is 6.54 Å². The average Bonchev–Trinajstić information content (AvgIpc) is 2.37. The number of amides is 3. The van der Waals surface area contributed by atoms with E-state index in [2.05, 4.69) is 10.6 Å². The first-order chi connectivity index (χ1) is 10.3. The van der Waals surface area contributed by atoms with Crippen LogP contribution in [0.2, 0.25) is 0 Å². The molecule has 1 atom stereocenters. The molecule has 0 saturated carbocycles. The molecule has 0 fully saturated rings. The highest BCUT2D eigenvalue weighted by atomic mass is 16.5. The molecule has 1 aromatic rings. The minimum atomic E-state index is -0.457. The predicted octanol–water partition coefficient (Wildman–Crippen LogP) is 0.253. The summed E-state index contributed by atoms with van der Waals surface area (Å²) in [6.07, 6.45) is 0. The number of aryl methyl sites for hydroxylation is 1. The largest absolute Gasteiger partial charge is 0.496 e. The minimum Gasteiger partial charge on any atom is -0.496 e. The van der Waals surface area contributed by atoms with Gasteiger partial charge in [0.15, 0.2) is 6.54 Å². The van der Waals surface area contributed by atoms with Gasteiger partial charge in [0.05, 0.1) is 14.2 Å². The van der Waals surface area contributed by atoms with Gasteiger partial charge >= 0.3 is 6.03 Å². The monoisotopic (exact) mass is 308 g/mol. The molecule has 22 heavy (non-hydrogen) atoms. The van der Waals surface area contributed by atoms with E-state index in [1.54, 1.807) is 7.11 Å². The summed E-state index contributed by atoms with van der Waals surface area (Å²) < 4.78 is 5.34. The van der Waals surface area contributed by atoms with E-state index in [1.807, 2.05) is 46.0 Å². The summed E-state index contributed by atoms with van der Waals surface area (Å²) in [5.41, 5.74) is 2.18. The van der Waals surface area contributed by atoms with Gasteiger partial charge in [-0.25, -0.2) is 4.79 Å². The molecule has 1 unspecified atom stereocenters. The molecule has 0 aliphatic rings. The molecule has 0 radical (unpaired) electrons. The SMILES string of the molecule is COc1ccc(C)cc1C[NH+](C)CC(=O)NC(=O)NC(C)C. The molecule has 0 bridgehead atoms. The molecule has 0 spiro atoms. The van der Waals surface area contributed by atoms with E-state index >= 15 is 0 Å². The molecule has 6 nitrogen and oxygen atoms in total. The standard InChI is InChI=1S/C16H25N3O3/c1-11(2)17-16(21)18-15(20)10-19(4)9-13-8-12(3)6-7-14(13)22-5/h6-8,11H,9-10H2,1-5H3,(H2,17,18,20,21)/p+1. The van der Waals surface area contributed by atoms with Crippen LogP contribution in [-0.2, 0) is 11.3 Å². The van der Waals surface area contributed by atoms with Crippen molar-refractivity contribution >= 4 is 11.9 Å². The van der Waals surface area contributed by atoms with Gasteiger partial charge in [0.2, 0.25) is 0 Å². The zero-order valence-corrected chi connectivity index (χ0v) is 13.9. The second-order valence-corrected chi connectivity index (χ2v) is 5.80. The molecule has 0 aliphatic heterocycles. The van der Waals surface area contributed by atoms with Crippen LogP contribution in [0.5, 0.6) is 5.75 Å². The fourth-order valence-corrected chi connectivity index (χ4v) is 2.18. The Morgan fingerprint density at radius 1 is 1.32 bits per heavy atom. The van der Waals surface area contributed by atoms with Crippen LogP contribution >= 0.6 is 0 Å². The number of nitrogens with one attached hydrogen (secondary N) is 3. The van der Waals surface area contributed by atoms with Crippen LogP contribution in [0.4, 0.5) is 4.79 Å².